The summed E-state index contributed by atoms with van der Waals surface area (Å²) in [6, 6.07) is 9.43. The van der Waals surface area contributed by atoms with Crippen molar-refractivity contribution in [1.82, 2.24) is 9.97 Å². The second-order valence-corrected chi connectivity index (χ2v) is 5.90. The number of hydrogen-bond acceptors (Lipinski definition) is 6. The lowest BCUT2D eigenvalue weighted by atomic mass is 10.0. The zero-order valence-corrected chi connectivity index (χ0v) is 13.2. The van der Waals surface area contributed by atoms with E-state index in [2.05, 4.69) is 20.6 Å². The van der Waals surface area contributed by atoms with E-state index < -0.39 is 11.6 Å². The van der Waals surface area contributed by atoms with Gasteiger partial charge in [0.25, 0.3) is 0 Å². The Kier molecular flexibility index (Phi) is 4.95. The summed E-state index contributed by atoms with van der Waals surface area (Å²) < 4.78 is 0. The average Bonchev–Trinajstić information content (AvgIpc) is 2.44. The standard InChI is InChI=1S/C16H23N5O/c1-11-5-4-6-12(9-11)20-14-7-8-18-15(21-14)19-10-13(17)16(2,3)22/h4-9,13,22H,10,17H2,1-3H3,(H2,18,19,20,21)/t13-/m1/s1. The summed E-state index contributed by atoms with van der Waals surface area (Å²) in [4.78, 5) is 8.53. The topological polar surface area (TPSA) is 96.1 Å². The van der Waals surface area contributed by atoms with Gasteiger partial charge < -0.3 is 21.5 Å². The highest BCUT2D eigenvalue weighted by Crippen LogP contribution is 2.16. The average molecular weight is 301 g/mol. The SMILES string of the molecule is Cc1cccc(Nc2ccnc(NC[C@@H](N)C(C)(C)O)n2)c1. The van der Waals surface area contributed by atoms with Crippen molar-refractivity contribution >= 4 is 17.5 Å². The predicted molar refractivity (Wildman–Crippen MR) is 89.3 cm³/mol. The highest BCUT2D eigenvalue weighted by molar-refractivity contribution is 5.57. The number of aliphatic hydroxyl groups is 1. The van der Waals surface area contributed by atoms with Crippen LogP contribution in [-0.4, -0.2) is 33.3 Å². The van der Waals surface area contributed by atoms with E-state index in [-0.39, 0.29) is 0 Å². The van der Waals surface area contributed by atoms with Crippen molar-refractivity contribution < 1.29 is 5.11 Å². The van der Waals surface area contributed by atoms with Crippen LogP contribution >= 0.6 is 0 Å². The third kappa shape index (κ3) is 4.68. The molecule has 0 spiro atoms. The molecule has 0 aliphatic rings. The van der Waals surface area contributed by atoms with Gasteiger partial charge in [-0.2, -0.15) is 4.98 Å². The van der Waals surface area contributed by atoms with Gasteiger partial charge in [-0.25, -0.2) is 4.98 Å². The second kappa shape index (κ2) is 6.72. The van der Waals surface area contributed by atoms with Crippen LogP contribution in [-0.2, 0) is 0 Å². The number of benzene rings is 1. The van der Waals surface area contributed by atoms with Crippen molar-refractivity contribution in [1.29, 1.82) is 0 Å². The molecule has 0 amide bonds. The van der Waals surface area contributed by atoms with E-state index in [1.807, 2.05) is 31.2 Å². The third-order valence-electron chi connectivity index (χ3n) is 3.33. The second-order valence-electron chi connectivity index (χ2n) is 5.90. The Morgan fingerprint density at radius 3 is 2.77 bits per heavy atom. The quantitative estimate of drug-likeness (QED) is 0.652. The molecule has 1 aromatic heterocycles. The molecule has 2 rings (SSSR count). The Morgan fingerprint density at radius 2 is 2.09 bits per heavy atom. The summed E-state index contributed by atoms with van der Waals surface area (Å²) in [5.74, 6) is 1.16. The van der Waals surface area contributed by atoms with Crippen molar-refractivity contribution in [3.05, 3.63) is 42.1 Å². The normalized spacial score (nSPS) is 12.8. The molecule has 0 aliphatic heterocycles. The molecule has 1 aromatic carbocycles. The Hall–Kier alpha value is -2.18. The number of nitrogens with two attached hydrogens (primary N) is 1. The number of anilines is 3. The van der Waals surface area contributed by atoms with Gasteiger partial charge in [0.05, 0.1) is 11.6 Å². The Balaban J connectivity index is 2.01. The number of nitrogens with one attached hydrogen (secondary N) is 2. The van der Waals surface area contributed by atoms with Crippen molar-refractivity contribution in [2.75, 3.05) is 17.2 Å². The summed E-state index contributed by atoms with van der Waals surface area (Å²) in [6.45, 7) is 5.78. The summed E-state index contributed by atoms with van der Waals surface area (Å²) in [5.41, 5.74) is 7.08. The molecule has 1 heterocycles. The molecule has 0 aliphatic carbocycles. The molecule has 6 nitrogen and oxygen atoms in total. The van der Waals surface area contributed by atoms with Gasteiger partial charge in [-0.3, -0.25) is 0 Å². The maximum atomic E-state index is 9.82. The van der Waals surface area contributed by atoms with E-state index in [1.165, 1.54) is 5.56 Å². The first kappa shape index (κ1) is 16.2. The van der Waals surface area contributed by atoms with Gasteiger partial charge in [0.1, 0.15) is 5.82 Å². The fraction of sp³-hybridized carbons (Fsp3) is 0.375. The molecular weight excluding hydrogens is 278 g/mol. The van der Waals surface area contributed by atoms with Crippen LogP contribution in [0.3, 0.4) is 0 Å². The van der Waals surface area contributed by atoms with Gasteiger partial charge in [-0.15, -0.1) is 0 Å². The summed E-state index contributed by atoms with van der Waals surface area (Å²) >= 11 is 0. The smallest absolute Gasteiger partial charge is 0.224 e. The fourth-order valence-corrected chi connectivity index (χ4v) is 1.84. The molecule has 2 aromatic rings. The molecule has 0 radical (unpaired) electrons. The van der Waals surface area contributed by atoms with E-state index in [0.29, 0.717) is 18.3 Å². The van der Waals surface area contributed by atoms with Crippen molar-refractivity contribution in [3.63, 3.8) is 0 Å². The maximum absolute atomic E-state index is 9.82. The van der Waals surface area contributed by atoms with Gasteiger partial charge in [-0.05, 0) is 44.5 Å². The molecule has 6 heteroatoms. The molecule has 1 atom stereocenters. The minimum absolute atomic E-state index is 0.386. The zero-order chi connectivity index (χ0) is 16.2. The minimum atomic E-state index is -0.954. The molecule has 0 saturated carbocycles. The van der Waals surface area contributed by atoms with Gasteiger partial charge in [0.15, 0.2) is 0 Å². The molecule has 0 fully saturated rings. The van der Waals surface area contributed by atoms with Crippen LogP contribution in [0.1, 0.15) is 19.4 Å². The van der Waals surface area contributed by atoms with Crippen LogP contribution in [0, 0.1) is 6.92 Å². The van der Waals surface area contributed by atoms with E-state index in [0.717, 1.165) is 5.69 Å². The van der Waals surface area contributed by atoms with E-state index in [1.54, 1.807) is 26.1 Å². The lowest BCUT2D eigenvalue weighted by Crippen LogP contribution is -2.47. The highest BCUT2D eigenvalue weighted by atomic mass is 16.3. The molecule has 5 N–H and O–H groups in total. The first-order valence-corrected chi connectivity index (χ1v) is 7.23. The largest absolute Gasteiger partial charge is 0.389 e. The van der Waals surface area contributed by atoms with Gasteiger partial charge in [-0.1, -0.05) is 12.1 Å². The van der Waals surface area contributed by atoms with Crippen LogP contribution in [0.2, 0.25) is 0 Å². The Labute approximate surface area is 130 Å². The summed E-state index contributed by atoms with van der Waals surface area (Å²) in [7, 11) is 0. The van der Waals surface area contributed by atoms with E-state index in [9.17, 15) is 5.11 Å². The summed E-state index contributed by atoms with van der Waals surface area (Å²) in [6.07, 6.45) is 1.67. The van der Waals surface area contributed by atoms with Crippen molar-refractivity contribution in [2.24, 2.45) is 5.73 Å². The van der Waals surface area contributed by atoms with Crippen molar-refractivity contribution in [3.8, 4) is 0 Å². The number of hydrogen-bond donors (Lipinski definition) is 4. The maximum Gasteiger partial charge on any atom is 0.224 e. The molecule has 0 saturated heterocycles. The highest BCUT2D eigenvalue weighted by Gasteiger charge is 2.22. The number of rotatable bonds is 6. The van der Waals surface area contributed by atoms with Crippen LogP contribution in [0.4, 0.5) is 17.5 Å². The Bertz CT molecular complexity index is 624. The lowest BCUT2D eigenvalue weighted by Gasteiger charge is -2.25. The number of aryl methyl sites for hydroxylation is 1. The third-order valence-corrected chi connectivity index (χ3v) is 3.33. The summed E-state index contributed by atoms with van der Waals surface area (Å²) in [5, 5.41) is 16.1. The van der Waals surface area contributed by atoms with Crippen molar-refractivity contribution in [2.45, 2.75) is 32.4 Å². The van der Waals surface area contributed by atoms with Gasteiger partial charge >= 0.3 is 0 Å². The Morgan fingerprint density at radius 1 is 1.32 bits per heavy atom. The molecule has 0 bridgehead atoms. The van der Waals surface area contributed by atoms with Gasteiger partial charge in [0, 0.05) is 18.4 Å². The fourth-order valence-electron chi connectivity index (χ4n) is 1.84. The van der Waals surface area contributed by atoms with Crippen LogP contribution in [0.5, 0.6) is 0 Å². The lowest BCUT2D eigenvalue weighted by molar-refractivity contribution is 0.0562. The molecule has 118 valence electrons. The van der Waals surface area contributed by atoms with E-state index >= 15 is 0 Å². The van der Waals surface area contributed by atoms with Crippen LogP contribution in [0.25, 0.3) is 0 Å². The van der Waals surface area contributed by atoms with Crippen LogP contribution in [0.15, 0.2) is 36.5 Å². The molecular formula is C16H23N5O. The molecule has 0 unspecified atom stereocenters. The monoisotopic (exact) mass is 301 g/mol. The zero-order valence-electron chi connectivity index (χ0n) is 13.2. The van der Waals surface area contributed by atoms with E-state index in [4.69, 9.17) is 5.73 Å². The first-order chi connectivity index (χ1) is 10.3. The van der Waals surface area contributed by atoms with Crippen LogP contribution < -0.4 is 16.4 Å². The van der Waals surface area contributed by atoms with Gasteiger partial charge in [0.2, 0.25) is 5.95 Å². The number of nitrogens with zero attached hydrogens (tertiary/aromatic N) is 2. The predicted octanol–water partition coefficient (Wildman–Crippen LogP) is 2.04. The molecule has 22 heavy (non-hydrogen) atoms. The minimum Gasteiger partial charge on any atom is -0.389 e. The number of aromatic nitrogens is 2. The first-order valence-electron chi connectivity index (χ1n) is 7.23.